The average molecular weight is 269 g/mol. The molecule has 0 radical (unpaired) electrons. The highest BCUT2D eigenvalue weighted by Crippen LogP contribution is 1.95. The largest absolute Gasteiger partial charge is 0.481 e. The Morgan fingerprint density at radius 2 is 2.11 bits per heavy atom. The fourth-order valence-electron chi connectivity index (χ4n) is 1.26. The Bertz CT molecular complexity index is 470. The van der Waals surface area contributed by atoms with Crippen molar-refractivity contribution in [2.75, 3.05) is 0 Å². The van der Waals surface area contributed by atoms with Gasteiger partial charge < -0.3 is 15.0 Å². The van der Waals surface area contributed by atoms with Crippen LogP contribution in [0.5, 0.6) is 0 Å². The molecule has 0 aliphatic rings. The third kappa shape index (κ3) is 5.61. The summed E-state index contributed by atoms with van der Waals surface area (Å²) in [6.07, 6.45) is 1.57. The van der Waals surface area contributed by atoms with Crippen LogP contribution < -0.4 is 10.6 Å². The van der Waals surface area contributed by atoms with Crippen LogP contribution in [0.3, 0.4) is 0 Å². The average Bonchev–Trinajstić information content (AvgIpc) is 2.71. The Morgan fingerprint density at radius 3 is 2.68 bits per heavy atom. The highest BCUT2D eigenvalue weighted by atomic mass is 16.4. The van der Waals surface area contributed by atoms with Crippen molar-refractivity contribution in [3.8, 4) is 0 Å². The zero-order valence-corrected chi connectivity index (χ0v) is 10.4. The number of hydrogen-bond donors (Lipinski definition) is 3. The standard InChI is InChI=1S/C10H15N5O4/c1-15-6-12-14-7(15)5-11-10(19)13-8(16)3-2-4-9(17)18/h6H,2-5H2,1H3,(H,17,18)(H2,11,13,16,19). The van der Waals surface area contributed by atoms with Gasteiger partial charge in [-0.1, -0.05) is 0 Å². The van der Waals surface area contributed by atoms with E-state index in [0.717, 1.165) is 0 Å². The first kappa shape index (κ1) is 14.6. The van der Waals surface area contributed by atoms with Crippen LogP contribution in [0.2, 0.25) is 0 Å². The van der Waals surface area contributed by atoms with Crippen molar-refractivity contribution in [2.24, 2.45) is 7.05 Å². The molecule has 1 aromatic heterocycles. The third-order valence-corrected chi connectivity index (χ3v) is 2.26. The molecule has 1 heterocycles. The molecule has 0 atom stereocenters. The second-order valence-electron chi connectivity index (χ2n) is 3.84. The van der Waals surface area contributed by atoms with Gasteiger partial charge in [-0.15, -0.1) is 10.2 Å². The topological polar surface area (TPSA) is 126 Å². The predicted octanol–water partition coefficient (Wildman–Crippen LogP) is -0.604. The molecule has 0 spiro atoms. The van der Waals surface area contributed by atoms with Gasteiger partial charge in [-0.05, 0) is 6.42 Å². The highest BCUT2D eigenvalue weighted by molar-refractivity contribution is 5.94. The molecule has 19 heavy (non-hydrogen) atoms. The van der Waals surface area contributed by atoms with Gasteiger partial charge in [-0.3, -0.25) is 14.9 Å². The second kappa shape index (κ2) is 7.09. The summed E-state index contributed by atoms with van der Waals surface area (Å²) >= 11 is 0. The Balaban J connectivity index is 2.22. The number of aryl methyl sites for hydroxylation is 1. The lowest BCUT2D eigenvalue weighted by Crippen LogP contribution is -2.39. The van der Waals surface area contributed by atoms with Crippen LogP contribution in [0, 0.1) is 0 Å². The number of hydrogen-bond acceptors (Lipinski definition) is 5. The van der Waals surface area contributed by atoms with Crippen molar-refractivity contribution in [2.45, 2.75) is 25.8 Å². The summed E-state index contributed by atoms with van der Waals surface area (Å²) in [7, 11) is 1.73. The minimum atomic E-state index is -0.973. The van der Waals surface area contributed by atoms with Gasteiger partial charge in [0.1, 0.15) is 6.33 Å². The van der Waals surface area contributed by atoms with Gasteiger partial charge in [-0.2, -0.15) is 0 Å². The van der Waals surface area contributed by atoms with E-state index < -0.39 is 17.9 Å². The number of carboxylic acid groups (broad SMARTS) is 1. The van der Waals surface area contributed by atoms with Gasteiger partial charge in [0, 0.05) is 19.9 Å². The van der Waals surface area contributed by atoms with E-state index in [1.165, 1.54) is 6.33 Å². The Labute approximate surface area is 109 Å². The summed E-state index contributed by atoms with van der Waals surface area (Å²) in [5.41, 5.74) is 0. The van der Waals surface area contributed by atoms with E-state index in [-0.39, 0.29) is 25.8 Å². The van der Waals surface area contributed by atoms with Gasteiger partial charge in [0.25, 0.3) is 0 Å². The molecule has 0 unspecified atom stereocenters. The molecule has 1 rings (SSSR count). The summed E-state index contributed by atoms with van der Waals surface area (Å²) < 4.78 is 1.63. The number of urea groups is 1. The van der Waals surface area contributed by atoms with Crippen molar-refractivity contribution in [1.29, 1.82) is 0 Å². The maximum absolute atomic E-state index is 11.3. The first-order valence-electron chi connectivity index (χ1n) is 5.61. The van der Waals surface area contributed by atoms with Crippen molar-refractivity contribution in [3.63, 3.8) is 0 Å². The van der Waals surface area contributed by atoms with E-state index in [1.807, 2.05) is 0 Å². The summed E-state index contributed by atoms with van der Waals surface area (Å²) in [6, 6.07) is -0.650. The fraction of sp³-hybridized carbons (Fsp3) is 0.500. The molecule has 0 aliphatic carbocycles. The normalized spacial score (nSPS) is 9.95. The highest BCUT2D eigenvalue weighted by Gasteiger charge is 2.09. The van der Waals surface area contributed by atoms with Crippen molar-refractivity contribution < 1.29 is 19.5 Å². The van der Waals surface area contributed by atoms with Gasteiger partial charge in [0.15, 0.2) is 5.82 Å². The molecule has 0 aromatic carbocycles. The molecule has 9 nitrogen and oxygen atoms in total. The number of amides is 3. The van der Waals surface area contributed by atoms with E-state index in [4.69, 9.17) is 5.11 Å². The first-order chi connectivity index (χ1) is 8.99. The van der Waals surface area contributed by atoms with Crippen LogP contribution in [-0.4, -0.2) is 37.8 Å². The van der Waals surface area contributed by atoms with Crippen molar-refractivity contribution in [3.05, 3.63) is 12.2 Å². The smallest absolute Gasteiger partial charge is 0.321 e. The van der Waals surface area contributed by atoms with E-state index in [0.29, 0.717) is 5.82 Å². The molecule has 104 valence electrons. The number of carbonyl (C=O) groups excluding carboxylic acids is 2. The lowest BCUT2D eigenvalue weighted by atomic mass is 10.2. The van der Waals surface area contributed by atoms with E-state index in [9.17, 15) is 14.4 Å². The number of nitrogens with one attached hydrogen (secondary N) is 2. The summed E-state index contributed by atoms with van der Waals surface area (Å²) in [4.78, 5) is 32.8. The molecule has 0 saturated carbocycles. The second-order valence-corrected chi connectivity index (χ2v) is 3.84. The third-order valence-electron chi connectivity index (χ3n) is 2.26. The molecule has 3 amide bonds. The lowest BCUT2D eigenvalue weighted by Gasteiger charge is -2.05. The van der Waals surface area contributed by atoms with Crippen LogP contribution in [0.1, 0.15) is 25.1 Å². The number of carboxylic acids is 1. The molecule has 0 fully saturated rings. The molecular weight excluding hydrogens is 254 g/mol. The Kier molecular flexibility index (Phi) is 5.45. The van der Waals surface area contributed by atoms with Crippen LogP contribution in [-0.2, 0) is 23.2 Å². The minimum absolute atomic E-state index is 0.0102. The number of nitrogens with zero attached hydrogens (tertiary/aromatic N) is 3. The van der Waals surface area contributed by atoms with Crippen LogP contribution in [0.25, 0.3) is 0 Å². The van der Waals surface area contributed by atoms with Gasteiger partial charge in [-0.25, -0.2) is 4.79 Å². The van der Waals surface area contributed by atoms with Crippen molar-refractivity contribution in [1.82, 2.24) is 25.4 Å². The van der Waals surface area contributed by atoms with Crippen LogP contribution >= 0.6 is 0 Å². The summed E-state index contributed by atoms with van der Waals surface area (Å²) in [5.74, 6) is -0.940. The zero-order chi connectivity index (χ0) is 14.3. The zero-order valence-electron chi connectivity index (χ0n) is 10.4. The van der Waals surface area contributed by atoms with E-state index in [1.54, 1.807) is 11.6 Å². The Morgan fingerprint density at radius 1 is 1.37 bits per heavy atom. The first-order valence-corrected chi connectivity index (χ1v) is 5.61. The lowest BCUT2D eigenvalue weighted by molar-refractivity contribution is -0.137. The molecule has 0 aliphatic heterocycles. The van der Waals surface area contributed by atoms with Crippen molar-refractivity contribution >= 4 is 17.9 Å². The summed E-state index contributed by atoms with van der Waals surface area (Å²) in [5, 5.41) is 20.3. The maximum atomic E-state index is 11.3. The molecule has 0 bridgehead atoms. The number of carbonyl (C=O) groups is 3. The predicted molar refractivity (Wildman–Crippen MR) is 62.9 cm³/mol. The van der Waals surface area contributed by atoms with E-state index >= 15 is 0 Å². The molecule has 1 aromatic rings. The number of aliphatic carboxylic acids is 1. The number of rotatable bonds is 6. The van der Waals surface area contributed by atoms with Gasteiger partial charge in [0.05, 0.1) is 6.54 Å². The monoisotopic (exact) mass is 269 g/mol. The number of aromatic nitrogens is 3. The van der Waals surface area contributed by atoms with Gasteiger partial charge in [0.2, 0.25) is 5.91 Å². The molecular formula is C10H15N5O4. The summed E-state index contributed by atoms with van der Waals surface area (Å²) in [6.45, 7) is 0.144. The fourth-order valence-corrected chi connectivity index (χ4v) is 1.26. The van der Waals surface area contributed by atoms with Crippen LogP contribution in [0.4, 0.5) is 4.79 Å². The molecule has 9 heteroatoms. The molecule has 3 N–H and O–H groups in total. The molecule has 0 saturated heterocycles. The maximum Gasteiger partial charge on any atom is 0.321 e. The minimum Gasteiger partial charge on any atom is -0.481 e. The van der Waals surface area contributed by atoms with E-state index in [2.05, 4.69) is 20.8 Å². The quantitative estimate of drug-likeness (QED) is 0.632. The van der Waals surface area contributed by atoms with Crippen LogP contribution in [0.15, 0.2) is 6.33 Å². The SMILES string of the molecule is Cn1cnnc1CNC(=O)NC(=O)CCCC(=O)O. The van der Waals surface area contributed by atoms with Gasteiger partial charge >= 0.3 is 12.0 Å². The Hall–Kier alpha value is -2.45. The number of imide groups is 1.